The van der Waals surface area contributed by atoms with Gasteiger partial charge in [0.25, 0.3) is 0 Å². The number of carbonyl (C=O) groups is 1. The predicted molar refractivity (Wildman–Crippen MR) is 129 cm³/mol. The third-order valence-electron chi connectivity index (χ3n) is 4.63. The van der Waals surface area contributed by atoms with E-state index in [9.17, 15) is 4.79 Å². The van der Waals surface area contributed by atoms with Crippen LogP contribution in [0.5, 0.6) is 0 Å². The van der Waals surface area contributed by atoms with E-state index in [1.54, 1.807) is 6.07 Å². The first-order valence-electron chi connectivity index (χ1n) is 9.10. The number of furan rings is 1. The predicted octanol–water partition coefficient (Wildman–Crippen LogP) is 5.83. The largest absolute Gasteiger partial charge is 0.453 e. The molecule has 0 saturated heterocycles. The van der Waals surface area contributed by atoms with E-state index >= 15 is 0 Å². The van der Waals surface area contributed by atoms with Crippen molar-refractivity contribution in [1.29, 1.82) is 0 Å². The number of anilines is 1. The van der Waals surface area contributed by atoms with Crippen LogP contribution in [0.3, 0.4) is 0 Å². The molecule has 2 aromatic heterocycles. The number of rotatable bonds is 5. The molecule has 0 fully saturated rings. The lowest BCUT2D eigenvalue weighted by Gasteiger charge is -2.12. The number of hydrogen-bond donors (Lipinski definition) is 1. The Morgan fingerprint density at radius 2 is 1.93 bits per heavy atom. The molecule has 9 heteroatoms. The van der Waals surface area contributed by atoms with Crippen molar-refractivity contribution in [3.05, 3.63) is 56.1 Å². The number of hydrogen-bond acceptors (Lipinski definition) is 5. The lowest BCUT2D eigenvalue weighted by molar-refractivity contribution is -0.113. The van der Waals surface area contributed by atoms with Crippen molar-refractivity contribution in [1.82, 2.24) is 14.8 Å². The Kier molecular flexibility index (Phi) is 6.08. The SMILES string of the molecule is Cc1cc(I)cc(C)c1NC(=O)CSc1nnc(-c2cc3cc(Cl)ccc3o2)n1C. The maximum atomic E-state index is 12.5. The van der Waals surface area contributed by atoms with Crippen molar-refractivity contribution < 1.29 is 9.21 Å². The minimum Gasteiger partial charge on any atom is -0.453 e. The fourth-order valence-corrected chi connectivity index (χ4v) is 5.02. The van der Waals surface area contributed by atoms with Crippen LogP contribution >= 0.6 is 46.0 Å². The van der Waals surface area contributed by atoms with Crippen molar-refractivity contribution in [2.75, 3.05) is 11.1 Å². The highest BCUT2D eigenvalue weighted by Crippen LogP contribution is 2.30. The van der Waals surface area contributed by atoms with E-state index in [2.05, 4.69) is 38.1 Å². The van der Waals surface area contributed by atoms with Gasteiger partial charge in [0.15, 0.2) is 16.7 Å². The molecule has 0 atom stereocenters. The Morgan fingerprint density at radius 1 is 1.20 bits per heavy atom. The average Bonchev–Trinajstić information content (AvgIpc) is 3.25. The number of aryl methyl sites for hydroxylation is 2. The molecule has 30 heavy (non-hydrogen) atoms. The summed E-state index contributed by atoms with van der Waals surface area (Å²) >= 11 is 9.65. The molecule has 0 bridgehead atoms. The molecule has 1 N–H and O–H groups in total. The van der Waals surface area contributed by atoms with E-state index in [0.29, 0.717) is 21.8 Å². The normalized spacial score (nSPS) is 11.2. The highest BCUT2D eigenvalue weighted by atomic mass is 127. The molecule has 0 aliphatic carbocycles. The molecule has 4 rings (SSSR count). The van der Waals surface area contributed by atoms with Crippen LogP contribution in [0.1, 0.15) is 11.1 Å². The zero-order valence-electron chi connectivity index (χ0n) is 16.5. The molecule has 2 heterocycles. The molecular weight excluding hydrogens is 535 g/mol. The quantitative estimate of drug-likeness (QED) is 0.249. The highest BCUT2D eigenvalue weighted by Gasteiger charge is 2.17. The number of nitrogens with zero attached hydrogens (tertiary/aromatic N) is 3. The van der Waals surface area contributed by atoms with Crippen LogP contribution in [-0.2, 0) is 11.8 Å². The van der Waals surface area contributed by atoms with Gasteiger partial charge in [-0.05, 0) is 84.0 Å². The summed E-state index contributed by atoms with van der Waals surface area (Å²) in [4.78, 5) is 12.5. The van der Waals surface area contributed by atoms with Gasteiger partial charge >= 0.3 is 0 Å². The Balaban J connectivity index is 1.47. The van der Waals surface area contributed by atoms with E-state index in [4.69, 9.17) is 16.0 Å². The number of thioether (sulfide) groups is 1. The van der Waals surface area contributed by atoms with Gasteiger partial charge in [-0.3, -0.25) is 4.79 Å². The van der Waals surface area contributed by atoms with Crippen LogP contribution in [0.15, 0.2) is 46.0 Å². The molecule has 0 unspecified atom stereocenters. The molecule has 0 spiro atoms. The van der Waals surface area contributed by atoms with Crippen molar-refractivity contribution in [2.24, 2.45) is 7.05 Å². The molecular formula is C21H18ClIN4O2S. The van der Waals surface area contributed by atoms with Gasteiger partial charge in [0, 0.05) is 26.7 Å². The summed E-state index contributed by atoms with van der Waals surface area (Å²) in [6, 6.07) is 11.4. The molecule has 0 saturated carbocycles. The van der Waals surface area contributed by atoms with Crippen LogP contribution in [-0.4, -0.2) is 26.4 Å². The first-order valence-corrected chi connectivity index (χ1v) is 11.5. The number of fused-ring (bicyclic) bond motifs is 1. The third kappa shape index (κ3) is 4.35. The number of nitrogens with one attached hydrogen (secondary N) is 1. The topological polar surface area (TPSA) is 73.0 Å². The molecule has 2 aromatic carbocycles. The summed E-state index contributed by atoms with van der Waals surface area (Å²) in [5, 5.41) is 13.6. The molecule has 4 aromatic rings. The van der Waals surface area contributed by atoms with Gasteiger partial charge < -0.3 is 14.3 Å². The minimum atomic E-state index is -0.0877. The van der Waals surface area contributed by atoms with Crippen molar-refractivity contribution in [2.45, 2.75) is 19.0 Å². The number of carbonyl (C=O) groups excluding carboxylic acids is 1. The summed E-state index contributed by atoms with van der Waals surface area (Å²) in [5.41, 5.74) is 3.68. The summed E-state index contributed by atoms with van der Waals surface area (Å²) < 4.78 is 8.84. The monoisotopic (exact) mass is 552 g/mol. The second kappa shape index (κ2) is 8.60. The third-order valence-corrected chi connectivity index (χ3v) is 6.51. The van der Waals surface area contributed by atoms with Crippen molar-refractivity contribution in [3.63, 3.8) is 0 Å². The Morgan fingerprint density at radius 3 is 2.67 bits per heavy atom. The number of amides is 1. The van der Waals surface area contributed by atoms with Crippen LogP contribution in [0.25, 0.3) is 22.6 Å². The van der Waals surface area contributed by atoms with Crippen LogP contribution in [0, 0.1) is 17.4 Å². The second-order valence-corrected chi connectivity index (χ2v) is 9.53. The summed E-state index contributed by atoms with van der Waals surface area (Å²) in [7, 11) is 1.85. The van der Waals surface area contributed by atoms with E-state index in [1.165, 1.54) is 11.8 Å². The maximum Gasteiger partial charge on any atom is 0.234 e. The van der Waals surface area contributed by atoms with E-state index in [1.807, 2.05) is 55.8 Å². The number of aromatic nitrogens is 3. The van der Waals surface area contributed by atoms with Gasteiger partial charge in [-0.25, -0.2) is 0 Å². The smallest absolute Gasteiger partial charge is 0.234 e. The Bertz CT molecular complexity index is 1240. The van der Waals surface area contributed by atoms with Crippen molar-refractivity contribution in [3.8, 4) is 11.6 Å². The number of benzene rings is 2. The van der Waals surface area contributed by atoms with Crippen LogP contribution in [0.2, 0.25) is 5.02 Å². The van der Waals surface area contributed by atoms with Gasteiger partial charge in [0.1, 0.15) is 5.58 Å². The van der Waals surface area contributed by atoms with Gasteiger partial charge in [0.2, 0.25) is 5.91 Å². The lowest BCUT2D eigenvalue weighted by atomic mass is 10.1. The number of halogens is 2. The first kappa shape index (κ1) is 21.2. The van der Waals surface area contributed by atoms with Gasteiger partial charge in [0.05, 0.1) is 5.75 Å². The molecule has 0 aliphatic rings. The Hall–Kier alpha value is -2.04. The molecule has 154 valence electrons. The molecule has 0 radical (unpaired) electrons. The van der Waals surface area contributed by atoms with Gasteiger partial charge in [-0.2, -0.15) is 0 Å². The molecule has 1 amide bonds. The van der Waals surface area contributed by atoms with Crippen LogP contribution in [0.4, 0.5) is 5.69 Å². The highest BCUT2D eigenvalue weighted by molar-refractivity contribution is 14.1. The van der Waals surface area contributed by atoms with E-state index in [-0.39, 0.29) is 11.7 Å². The van der Waals surface area contributed by atoms with Crippen molar-refractivity contribution >= 4 is 68.5 Å². The Labute approximate surface area is 196 Å². The fourth-order valence-electron chi connectivity index (χ4n) is 3.19. The van der Waals surface area contributed by atoms with E-state index in [0.717, 1.165) is 31.4 Å². The molecule has 0 aliphatic heterocycles. The average molecular weight is 553 g/mol. The van der Waals surface area contributed by atoms with E-state index < -0.39 is 0 Å². The van der Waals surface area contributed by atoms with Gasteiger partial charge in [-0.15, -0.1) is 10.2 Å². The second-order valence-electron chi connectivity index (χ2n) is 6.91. The first-order chi connectivity index (χ1) is 14.3. The lowest BCUT2D eigenvalue weighted by Crippen LogP contribution is -2.16. The zero-order chi connectivity index (χ0) is 21.4. The summed E-state index contributed by atoms with van der Waals surface area (Å²) in [5.74, 6) is 1.33. The molecule has 6 nitrogen and oxygen atoms in total. The zero-order valence-corrected chi connectivity index (χ0v) is 20.2. The summed E-state index contributed by atoms with van der Waals surface area (Å²) in [6.45, 7) is 3.99. The van der Waals surface area contributed by atoms with Crippen LogP contribution < -0.4 is 5.32 Å². The summed E-state index contributed by atoms with van der Waals surface area (Å²) in [6.07, 6.45) is 0. The maximum absolute atomic E-state index is 12.5. The van der Waals surface area contributed by atoms with Gasteiger partial charge in [-0.1, -0.05) is 23.4 Å². The fraction of sp³-hybridized carbons (Fsp3) is 0.190. The minimum absolute atomic E-state index is 0.0877. The standard InChI is InChI=1S/C21H18ClIN4O2S/c1-11-6-15(23)7-12(2)19(11)24-18(28)10-30-21-26-25-20(27(21)3)17-9-13-8-14(22)4-5-16(13)29-17/h4-9H,10H2,1-3H3,(H,24,28).